The fraction of sp³-hybridized carbons (Fsp3) is 0.500. The number of rotatable bonds is 3. The van der Waals surface area contributed by atoms with Crippen molar-refractivity contribution < 1.29 is 10.2 Å². The van der Waals surface area contributed by atoms with Gasteiger partial charge in [0.05, 0.1) is 28.6 Å². The maximum Gasteiger partial charge on any atom is 0.104 e. The van der Waals surface area contributed by atoms with Crippen LogP contribution < -0.4 is 0 Å². The Labute approximate surface area is 73.3 Å². The van der Waals surface area contributed by atoms with Gasteiger partial charge >= 0.3 is 0 Å². The van der Waals surface area contributed by atoms with Crippen molar-refractivity contribution in [3.8, 4) is 0 Å². The quantitative estimate of drug-likeness (QED) is 0.702. The second-order valence-corrected chi connectivity index (χ2v) is 3.19. The van der Waals surface area contributed by atoms with E-state index < -0.39 is 6.10 Å². The predicted molar refractivity (Wildman–Crippen MR) is 43.7 cm³/mol. The van der Waals surface area contributed by atoms with Crippen LogP contribution in [0.4, 0.5) is 0 Å². The summed E-state index contributed by atoms with van der Waals surface area (Å²) in [6.45, 7) is -0.146. The van der Waals surface area contributed by atoms with Gasteiger partial charge in [0.15, 0.2) is 0 Å². The molecular weight excluding hydrogens is 186 g/mol. The van der Waals surface area contributed by atoms with Crippen LogP contribution in [-0.2, 0) is 6.61 Å². The van der Waals surface area contributed by atoms with Gasteiger partial charge in [0.1, 0.15) is 6.10 Å². The number of hydrogen-bond donors (Lipinski definition) is 2. The molecule has 0 aliphatic heterocycles. The Bertz CT molecular complexity index is 228. The van der Waals surface area contributed by atoms with Crippen molar-refractivity contribution in [3.63, 3.8) is 0 Å². The van der Waals surface area contributed by atoms with Gasteiger partial charge in [-0.3, -0.25) is 0 Å². The van der Waals surface area contributed by atoms with Crippen LogP contribution >= 0.6 is 22.9 Å². The summed E-state index contributed by atoms with van der Waals surface area (Å²) < 4.78 is 0. The molecule has 3 nitrogen and oxygen atoms in total. The molecule has 0 fully saturated rings. The number of thiazole rings is 1. The van der Waals surface area contributed by atoms with Crippen molar-refractivity contribution in [1.29, 1.82) is 0 Å². The molecule has 0 spiro atoms. The van der Waals surface area contributed by atoms with E-state index in [1.54, 1.807) is 5.51 Å². The van der Waals surface area contributed by atoms with E-state index in [2.05, 4.69) is 4.98 Å². The van der Waals surface area contributed by atoms with Gasteiger partial charge in [0, 0.05) is 0 Å². The average Bonchev–Trinajstić information content (AvgIpc) is 2.50. The van der Waals surface area contributed by atoms with E-state index in [1.165, 1.54) is 11.3 Å². The van der Waals surface area contributed by atoms with Crippen molar-refractivity contribution >= 4 is 22.9 Å². The van der Waals surface area contributed by atoms with Crippen molar-refractivity contribution in [2.45, 2.75) is 12.7 Å². The van der Waals surface area contributed by atoms with Crippen molar-refractivity contribution in [1.82, 2.24) is 4.98 Å². The Balaban J connectivity index is 2.83. The molecule has 0 saturated heterocycles. The Kier molecular flexibility index (Phi) is 3.26. The van der Waals surface area contributed by atoms with Crippen LogP contribution in [0.15, 0.2) is 5.51 Å². The topological polar surface area (TPSA) is 53.4 Å². The summed E-state index contributed by atoms with van der Waals surface area (Å²) >= 11 is 6.72. The summed E-state index contributed by atoms with van der Waals surface area (Å²) in [7, 11) is 0. The van der Waals surface area contributed by atoms with Gasteiger partial charge in [-0.05, 0) is 0 Å². The fourth-order valence-electron chi connectivity index (χ4n) is 0.738. The number of hydrogen-bond acceptors (Lipinski definition) is 4. The van der Waals surface area contributed by atoms with Gasteiger partial charge in [-0.2, -0.15) is 0 Å². The van der Waals surface area contributed by atoms with Gasteiger partial charge < -0.3 is 10.2 Å². The number of nitrogens with zero attached hydrogens (tertiary/aromatic N) is 1. The molecule has 1 rings (SSSR count). The molecule has 62 valence electrons. The van der Waals surface area contributed by atoms with Crippen LogP contribution in [-0.4, -0.2) is 21.1 Å². The highest BCUT2D eigenvalue weighted by Gasteiger charge is 2.13. The number of aliphatic hydroxyl groups excluding tert-OH is 2. The van der Waals surface area contributed by atoms with Gasteiger partial charge in [-0.25, -0.2) is 4.98 Å². The third-order valence-electron chi connectivity index (χ3n) is 1.27. The maximum absolute atomic E-state index is 9.26. The highest BCUT2D eigenvalue weighted by molar-refractivity contribution is 7.09. The first-order valence-corrected chi connectivity index (χ1v) is 4.48. The standard InChI is InChI=1S/C6H8ClNO2S/c7-1-5(10)6-4(2-9)8-3-11-6/h3,5,9-10H,1-2H2. The molecule has 0 aliphatic rings. The second-order valence-electron chi connectivity index (χ2n) is 1.99. The Hall–Kier alpha value is -0.160. The van der Waals surface area contributed by atoms with E-state index in [0.717, 1.165) is 0 Å². The average molecular weight is 194 g/mol. The minimum Gasteiger partial charge on any atom is -0.390 e. The number of aromatic nitrogens is 1. The molecule has 0 bridgehead atoms. The number of alkyl halides is 1. The first kappa shape index (κ1) is 8.93. The molecule has 1 aromatic rings. The zero-order valence-corrected chi connectivity index (χ0v) is 7.27. The van der Waals surface area contributed by atoms with Gasteiger partial charge in [-0.15, -0.1) is 22.9 Å². The lowest BCUT2D eigenvalue weighted by molar-refractivity contribution is 0.200. The summed E-state index contributed by atoms with van der Waals surface area (Å²) in [5.74, 6) is 0.134. The van der Waals surface area contributed by atoms with E-state index >= 15 is 0 Å². The summed E-state index contributed by atoms with van der Waals surface area (Å²) in [4.78, 5) is 4.51. The summed E-state index contributed by atoms with van der Waals surface area (Å²) in [5.41, 5.74) is 2.10. The van der Waals surface area contributed by atoms with Gasteiger partial charge in [0.2, 0.25) is 0 Å². The molecular formula is C6H8ClNO2S. The Morgan fingerprint density at radius 1 is 1.73 bits per heavy atom. The molecule has 2 N–H and O–H groups in total. The van der Waals surface area contributed by atoms with Crippen LogP contribution in [0.3, 0.4) is 0 Å². The predicted octanol–water partition coefficient (Wildman–Crippen LogP) is 0.908. The van der Waals surface area contributed by atoms with Crippen LogP contribution in [0.25, 0.3) is 0 Å². The molecule has 11 heavy (non-hydrogen) atoms. The van der Waals surface area contributed by atoms with E-state index in [0.29, 0.717) is 10.6 Å². The molecule has 5 heteroatoms. The zero-order chi connectivity index (χ0) is 8.27. The van der Waals surface area contributed by atoms with E-state index in [4.69, 9.17) is 16.7 Å². The molecule has 0 aliphatic carbocycles. The molecule has 1 aromatic heterocycles. The van der Waals surface area contributed by atoms with Crippen LogP contribution in [0.5, 0.6) is 0 Å². The maximum atomic E-state index is 9.26. The molecule has 1 unspecified atom stereocenters. The highest BCUT2D eigenvalue weighted by Crippen LogP contribution is 2.22. The number of halogens is 1. The van der Waals surface area contributed by atoms with E-state index in [-0.39, 0.29) is 12.5 Å². The Morgan fingerprint density at radius 2 is 2.45 bits per heavy atom. The minimum atomic E-state index is -0.702. The van der Waals surface area contributed by atoms with Crippen LogP contribution in [0.1, 0.15) is 16.7 Å². The summed E-state index contributed by atoms with van der Waals surface area (Å²) in [5, 5.41) is 18.0. The fourth-order valence-corrected chi connectivity index (χ4v) is 1.77. The largest absolute Gasteiger partial charge is 0.390 e. The Morgan fingerprint density at radius 3 is 3.00 bits per heavy atom. The van der Waals surface area contributed by atoms with E-state index in [9.17, 15) is 5.11 Å². The van der Waals surface area contributed by atoms with Crippen molar-refractivity contribution in [3.05, 3.63) is 16.1 Å². The van der Waals surface area contributed by atoms with Gasteiger partial charge in [0.25, 0.3) is 0 Å². The molecule has 0 saturated carbocycles. The molecule has 1 atom stereocenters. The zero-order valence-electron chi connectivity index (χ0n) is 5.70. The minimum absolute atomic E-state index is 0.134. The highest BCUT2D eigenvalue weighted by atomic mass is 35.5. The first-order valence-electron chi connectivity index (χ1n) is 3.06. The molecule has 0 aromatic carbocycles. The SMILES string of the molecule is OCc1ncsc1C(O)CCl. The van der Waals surface area contributed by atoms with Crippen LogP contribution in [0, 0.1) is 0 Å². The van der Waals surface area contributed by atoms with Crippen molar-refractivity contribution in [2.75, 3.05) is 5.88 Å². The van der Waals surface area contributed by atoms with E-state index in [1.807, 2.05) is 0 Å². The smallest absolute Gasteiger partial charge is 0.104 e. The summed E-state index contributed by atoms with van der Waals surface area (Å²) in [6, 6.07) is 0. The lowest BCUT2D eigenvalue weighted by atomic mass is 10.3. The third-order valence-corrected chi connectivity index (χ3v) is 2.54. The molecule has 1 heterocycles. The number of aliphatic hydroxyl groups is 2. The molecule has 0 amide bonds. The van der Waals surface area contributed by atoms with Crippen LogP contribution in [0.2, 0.25) is 0 Å². The third kappa shape index (κ3) is 1.90. The monoisotopic (exact) mass is 193 g/mol. The summed E-state index contributed by atoms with van der Waals surface area (Å²) in [6.07, 6.45) is -0.702. The van der Waals surface area contributed by atoms with Crippen molar-refractivity contribution in [2.24, 2.45) is 0 Å². The first-order chi connectivity index (χ1) is 5.29. The normalized spacial score (nSPS) is 13.4. The lowest BCUT2D eigenvalue weighted by Crippen LogP contribution is -2.00. The van der Waals surface area contributed by atoms with Gasteiger partial charge in [-0.1, -0.05) is 0 Å². The second kappa shape index (κ2) is 4.01. The lowest BCUT2D eigenvalue weighted by Gasteiger charge is -2.03. The molecule has 0 radical (unpaired) electrons.